The van der Waals surface area contributed by atoms with Gasteiger partial charge in [-0.05, 0) is 26.9 Å². The Labute approximate surface area is 215 Å². The first-order chi connectivity index (χ1) is 16.6. The quantitative estimate of drug-likeness (QED) is 0.0863. The Balaban J connectivity index is 3.56. The van der Waals surface area contributed by atoms with E-state index in [1.165, 1.54) is 135 Å². The van der Waals surface area contributed by atoms with Crippen molar-refractivity contribution in [3.05, 3.63) is 0 Å². The summed E-state index contributed by atoms with van der Waals surface area (Å²) in [5.41, 5.74) is 0. The van der Waals surface area contributed by atoms with Crippen LogP contribution in [0, 0.1) is 0 Å². The van der Waals surface area contributed by atoms with Gasteiger partial charge in [0.2, 0.25) is 0 Å². The van der Waals surface area contributed by atoms with Crippen molar-refractivity contribution in [3.63, 3.8) is 0 Å². The van der Waals surface area contributed by atoms with Crippen LogP contribution in [0.5, 0.6) is 0 Å². The molecule has 0 N–H and O–H groups in total. The maximum Gasteiger partial charge on any atom is 0.305 e. The third kappa shape index (κ3) is 24.6. The van der Waals surface area contributed by atoms with Gasteiger partial charge in [0.25, 0.3) is 0 Å². The van der Waals surface area contributed by atoms with E-state index < -0.39 is 0 Å². The zero-order valence-corrected chi connectivity index (χ0v) is 24.0. The van der Waals surface area contributed by atoms with Crippen LogP contribution in [0.25, 0.3) is 0 Å². The SMILES string of the molecule is CCCCCCCCCCCCCC(=O)OCC(CCCCCCCCCCCCC)N(C)C. The first-order valence-electron chi connectivity index (χ1n) is 15.4. The molecule has 0 aliphatic heterocycles. The number of carbonyl (C=O) groups is 1. The number of esters is 1. The van der Waals surface area contributed by atoms with Crippen LogP contribution >= 0.6 is 0 Å². The van der Waals surface area contributed by atoms with Gasteiger partial charge >= 0.3 is 5.97 Å². The van der Waals surface area contributed by atoms with Gasteiger partial charge < -0.3 is 9.64 Å². The molecule has 0 aromatic rings. The molecule has 0 heterocycles. The fourth-order valence-corrected chi connectivity index (χ4v) is 4.73. The highest BCUT2D eigenvalue weighted by atomic mass is 16.5. The standard InChI is InChI=1S/C31H63NO2/c1-5-7-9-11-13-15-17-19-21-23-25-27-30(32(3)4)29-34-31(33)28-26-24-22-20-18-16-14-12-10-8-6-2/h30H,5-29H2,1-4H3. The third-order valence-corrected chi connectivity index (χ3v) is 7.29. The molecule has 0 saturated carbocycles. The van der Waals surface area contributed by atoms with E-state index in [0.29, 0.717) is 19.1 Å². The van der Waals surface area contributed by atoms with Crippen molar-refractivity contribution < 1.29 is 9.53 Å². The van der Waals surface area contributed by atoms with Crippen molar-refractivity contribution in [2.24, 2.45) is 0 Å². The predicted molar refractivity (Wildman–Crippen MR) is 151 cm³/mol. The van der Waals surface area contributed by atoms with Gasteiger partial charge in [0.05, 0.1) is 0 Å². The minimum atomic E-state index is 0.00158. The van der Waals surface area contributed by atoms with E-state index in [0.717, 1.165) is 12.8 Å². The van der Waals surface area contributed by atoms with E-state index in [2.05, 4.69) is 32.8 Å². The number of hydrogen-bond acceptors (Lipinski definition) is 3. The van der Waals surface area contributed by atoms with Gasteiger partial charge in [0.15, 0.2) is 0 Å². The van der Waals surface area contributed by atoms with Gasteiger partial charge in [-0.25, -0.2) is 0 Å². The lowest BCUT2D eigenvalue weighted by Crippen LogP contribution is -2.33. The maximum absolute atomic E-state index is 12.1. The van der Waals surface area contributed by atoms with Crippen molar-refractivity contribution in [1.82, 2.24) is 4.90 Å². The molecule has 0 aromatic heterocycles. The second kappa shape index (κ2) is 27.0. The molecule has 0 saturated heterocycles. The lowest BCUT2D eigenvalue weighted by atomic mass is 10.0. The van der Waals surface area contributed by atoms with E-state index in [-0.39, 0.29) is 5.97 Å². The van der Waals surface area contributed by atoms with Gasteiger partial charge in [-0.1, -0.05) is 149 Å². The second-order valence-corrected chi connectivity index (χ2v) is 10.9. The number of ether oxygens (including phenoxy) is 1. The van der Waals surface area contributed by atoms with Crippen LogP contribution in [0.1, 0.15) is 168 Å². The van der Waals surface area contributed by atoms with Crippen molar-refractivity contribution in [1.29, 1.82) is 0 Å². The van der Waals surface area contributed by atoms with Crippen LogP contribution in [0.15, 0.2) is 0 Å². The van der Waals surface area contributed by atoms with E-state index in [9.17, 15) is 4.79 Å². The highest BCUT2D eigenvalue weighted by Crippen LogP contribution is 2.15. The predicted octanol–water partition coefficient (Wildman–Crippen LogP) is 9.86. The molecule has 3 nitrogen and oxygen atoms in total. The van der Waals surface area contributed by atoms with Crippen LogP contribution in [-0.4, -0.2) is 37.6 Å². The van der Waals surface area contributed by atoms with Crippen molar-refractivity contribution in [2.75, 3.05) is 20.7 Å². The van der Waals surface area contributed by atoms with Gasteiger partial charge in [-0.3, -0.25) is 4.79 Å². The van der Waals surface area contributed by atoms with E-state index in [1.807, 2.05) is 0 Å². The van der Waals surface area contributed by atoms with Crippen molar-refractivity contribution in [3.8, 4) is 0 Å². The van der Waals surface area contributed by atoms with Crippen LogP contribution in [0.4, 0.5) is 0 Å². The number of rotatable bonds is 27. The van der Waals surface area contributed by atoms with E-state index >= 15 is 0 Å². The average Bonchev–Trinajstić information content (AvgIpc) is 2.82. The summed E-state index contributed by atoms with van der Waals surface area (Å²) in [7, 11) is 4.22. The minimum absolute atomic E-state index is 0.00158. The van der Waals surface area contributed by atoms with E-state index in [1.54, 1.807) is 0 Å². The molecule has 0 bridgehead atoms. The zero-order valence-electron chi connectivity index (χ0n) is 24.0. The highest BCUT2D eigenvalue weighted by molar-refractivity contribution is 5.69. The monoisotopic (exact) mass is 481 g/mol. The summed E-state index contributed by atoms with van der Waals surface area (Å²) in [6.45, 7) is 5.11. The molecule has 0 spiro atoms. The topological polar surface area (TPSA) is 29.5 Å². The number of hydrogen-bond donors (Lipinski definition) is 0. The van der Waals surface area contributed by atoms with Crippen LogP contribution in [0.3, 0.4) is 0 Å². The first kappa shape index (κ1) is 33.4. The molecule has 3 heteroatoms. The Bertz CT molecular complexity index is 410. The van der Waals surface area contributed by atoms with Gasteiger partial charge in [0.1, 0.15) is 6.61 Å². The van der Waals surface area contributed by atoms with Crippen LogP contribution in [-0.2, 0) is 9.53 Å². The summed E-state index contributed by atoms with van der Waals surface area (Å²) in [5.74, 6) is 0.00158. The van der Waals surface area contributed by atoms with Gasteiger partial charge in [0, 0.05) is 12.5 Å². The van der Waals surface area contributed by atoms with Crippen molar-refractivity contribution >= 4 is 5.97 Å². The lowest BCUT2D eigenvalue weighted by Gasteiger charge is -2.24. The minimum Gasteiger partial charge on any atom is -0.464 e. The summed E-state index contributed by atoms with van der Waals surface area (Å²) in [4.78, 5) is 14.4. The Morgan fingerprint density at radius 3 is 1.29 bits per heavy atom. The summed E-state index contributed by atoms with van der Waals surface area (Å²) >= 11 is 0. The molecule has 1 unspecified atom stereocenters. The molecule has 204 valence electrons. The van der Waals surface area contributed by atoms with Gasteiger partial charge in [-0.15, -0.1) is 0 Å². The average molecular weight is 482 g/mol. The smallest absolute Gasteiger partial charge is 0.305 e. The summed E-state index contributed by atoms with van der Waals surface area (Å²) in [6.07, 6.45) is 31.3. The fraction of sp³-hybridized carbons (Fsp3) is 0.968. The first-order valence-corrected chi connectivity index (χ1v) is 15.4. The van der Waals surface area contributed by atoms with Crippen LogP contribution in [0.2, 0.25) is 0 Å². The Hall–Kier alpha value is -0.570. The zero-order chi connectivity index (χ0) is 25.1. The second-order valence-electron chi connectivity index (χ2n) is 10.9. The molecule has 0 rings (SSSR count). The third-order valence-electron chi connectivity index (χ3n) is 7.29. The fourth-order valence-electron chi connectivity index (χ4n) is 4.73. The molecule has 0 amide bonds. The number of nitrogens with zero attached hydrogens (tertiary/aromatic N) is 1. The Morgan fingerprint density at radius 1 is 0.559 bits per heavy atom. The molecular formula is C31H63NO2. The summed E-state index contributed by atoms with van der Waals surface area (Å²) in [5, 5.41) is 0. The molecule has 0 aliphatic rings. The van der Waals surface area contributed by atoms with Crippen molar-refractivity contribution in [2.45, 2.75) is 174 Å². The maximum atomic E-state index is 12.1. The summed E-state index contributed by atoms with van der Waals surface area (Å²) in [6, 6.07) is 0.361. The Kier molecular flexibility index (Phi) is 26.6. The highest BCUT2D eigenvalue weighted by Gasteiger charge is 2.14. The lowest BCUT2D eigenvalue weighted by molar-refractivity contribution is -0.145. The number of unbranched alkanes of at least 4 members (excludes halogenated alkanes) is 20. The largest absolute Gasteiger partial charge is 0.464 e. The molecule has 34 heavy (non-hydrogen) atoms. The van der Waals surface area contributed by atoms with Crippen LogP contribution < -0.4 is 0 Å². The van der Waals surface area contributed by atoms with Gasteiger partial charge in [-0.2, -0.15) is 0 Å². The summed E-state index contributed by atoms with van der Waals surface area (Å²) < 4.78 is 5.63. The van der Waals surface area contributed by atoms with E-state index in [4.69, 9.17) is 4.74 Å². The molecule has 1 atom stereocenters. The number of carbonyl (C=O) groups excluding carboxylic acids is 1. The Morgan fingerprint density at radius 2 is 0.912 bits per heavy atom. The molecule has 0 fully saturated rings. The molecule has 0 radical (unpaired) electrons. The molecule has 0 aliphatic carbocycles. The molecule has 0 aromatic carbocycles. The number of likely N-dealkylation sites (N-methyl/N-ethyl adjacent to an activating group) is 1. The molecular weight excluding hydrogens is 418 g/mol. The normalized spacial score (nSPS) is 12.4.